The van der Waals surface area contributed by atoms with Crippen molar-refractivity contribution in [2.75, 3.05) is 37.6 Å². The lowest BCUT2D eigenvalue weighted by Gasteiger charge is -2.39. The van der Waals surface area contributed by atoms with Crippen LogP contribution < -0.4 is 22.5 Å². The Morgan fingerprint density at radius 3 is 1.54 bits per heavy atom. The Bertz CT molecular complexity index is 2560. The third kappa shape index (κ3) is 9.53. The number of nitrogens with two attached hydrogens (primary N) is 3. The van der Waals surface area contributed by atoms with Gasteiger partial charge in [-0.2, -0.15) is 0 Å². The lowest BCUT2D eigenvalue weighted by Crippen LogP contribution is -2.60. The molecule has 2 aliphatic heterocycles. The third-order valence-corrected chi connectivity index (χ3v) is 9.58. The first-order chi connectivity index (χ1) is 28.3. The minimum Gasteiger partial charge on any atom is -0.481 e. The zero-order chi connectivity index (χ0) is 42.4. The monoisotopic (exact) mass is 804 g/mol. The van der Waals surface area contributed by atoms with Gasteiger partial charge in [0.05, 0.1) is 28.6 Å². The molecular formula is C42H42F2N10O5. The van der Waals surface area contributed by atoms with Crippen LogP contribution in [0.2, 0.25) is 0 Å². The second-order valence-electron chi connectivity index (χ2n) is 13.9. The maximum absolute atomic E-state index is 13.5. The van der Waals surface area contributed by atoms with Crippen LogP contribution in [0.5, 0.6) is 0 Å². The van der Waals surface area contributed by atoms with Crippen molar-refractivity contribution in [1.82, 2.24) is 35.1 Å². The van der Waals surface area contributed by atoms with Crippen molar-refractivity contribution in [2.24, 2.45) is 5.73 Å². The number of aliphatic carboxylic acids is 1. The largest absolute Gasteiger partial charge is 0.481 e. The van der Waals surface area contributed by atoms with Crippen LogP contribution in [0.15, 0.2) is 85.2 Å². The minimum absolute atomic E-state index is 0.0228. The highest BCUT2D eigenvalue weighted by Gasteiger charge is 2.33. The summed E-state index contributed by atoms with van der Waals surface area (Å²) in [4.78, 5) is 66.9. The van der Waals surface area contributed by atoms with Crippen molar-refractivity contribution in [3.63, 3.8) is 0 Å². The molecule has 15 nitrogen and oxygen atoms in total. The standard InChI is InChI=1S/C21H20FN5O2.C18H16FN5O.C3H6O2/c1-2-18(28)25-14-10-27(11-14)21(29)16-9-24-20(23)19-15(16)6-7-17(26-19)12-4-3-5-13(22)8-12;19-11-3-1-2-10(6-11)15-5-4-13-14(7-22-17(21)16(13)23-15)18(25)24-8-12(20)9-24;1-2-3(4)5/h3-9,14H,2,10-11H2,1H3,(H2,23,24)(H,25,28);1-7,12H,8-9,20H2,(H2,21,22);2H2,1H3,(H,4,5). The molecule has 6 heterocycles. The number of carboxylic acids is 1. The van der Waals surface area contributed by atoms with E-state index in [2.05, 4.69) is 25.3 Å². The van der Waals surface area contributed by atoms with E-state index in [-0.39, 0.29) is 59.5 Å². The quantitative estimate of drug-likeness (QED) is 0.148. The van der Waals surface area contributed by atoms with Gasteiger partial charge in [0.1, 0.15) is 34.3 Å². The van der Waals surface area contributed by atoms with E-state index >= 15 is 0 Å². The molecule has 304 valence electrons. The van der Waals surface area contributed by atoms with Gasteiger partial charge in [-0.05, 0) is 48.5 Å². The predicted molar refractivity (Wildman–Crippen MR) is 219 cm³/mol. The molecule has 0 bridgehead atoms. The molecule has 59 heavy (non-hydrogen) atoms. The summed E-state index contributed by atoms with van der Waals surface area (Å²) in [5.74, 6) is -1.38. The minimum atomic E-state index is -0.745. The van der Waals surface area contributed by atoms with Gasteiger partial charge in [-0.25, -0.2) is 28.7 Å². The number of rotatable bonds is 7. The number of halogens is 2. The van der Waals surface area contributed by atoms with Crippen LogP contribution in [0.4, 0.5) is 20.4 Å². The average molecular weight is 805 g/mol. The van der Waals surface area contributed by atoms with E-state index in [9.17, 15) is 28.0 Å². The van der Waals surface area contributed by atoms with Crippen LogP contribution in [-0.2, 0) is 9.59 Å². The fourth-order valence-corrected chi connectivity index (χ4v) is 6.32. The van der Waals surface area contributed by atoms with Gasteiger partial charge in [-0.15, -0.1) is 0 Å². The Labute approximate surface area is 337 Å². The van der Waals surface area contributed by atoms with Gasteiger partial charge < -0.3 is 37.4 Å². The number of carbonyl (C=O) groups is 4. The van der Waals surface area contributed by atoms with Crippen molar-refractivity contribution in [3.05, 3.63) is 108 Å². The summed E-state index contributed by atoms with van der Waals surface area (Å²) in [6, 6.07) is 19.2. The smallest absolute Gasteiger partial charge is 0.303 e. The highest BCUT2D eigenvalue weighted by molar-refractivity contribution is 6.09. The van der Waals surface area contributed by atoms with Crippen LogP contribution in [0.25, 0.3) is 44.3 Å². The molecule has 2 fully saturated rings. The molecule has 8 N–H and O–H groups in total. The number of anilines is 2. The molecule has 6 aromatic rings. The number of likely N-dealkylation sites (tertiary alicyclic amines) is 2. The number of hydrogen-bond donors (Lipinski definition) is 5. The van der Waals surface area contributed by atoms with Crippen molar-refractivity contribution in [2.45, 2.75) is 38.8 Å². The number of nitrogen functional groups attached to an aromatic ring is 2. The topological polar surface area (TPSA) is 237 Å². The van der Waals surface area contributed by atoms with Gasteiger partial charge in [0, 0.05) is 79.4 Å². The summed E-state index contributed by atoms with van der Waals surface area (Å²) < 4.78 is 27.0. The number of nitrogens with one attached hydrogen (secondary N) is 1. The second kappa shape index (κ2) is 18.0. The highest BCUT2D eigenvalue weighted by atomic mass is 19.1. The first-order valence-corrected chi connectivity index (χ1v) is 18.7. The SMILES string of the molecule is CCC(=O)NC1CN(C(=O)c2cnc(N)c3nc(-c4cccc(F)c4)ccc23)C1.CCC(=O)O.Nc1ncc(C(=O)N2CC(N)C2)c2ccc(-c3cccc(F)c3)nc12. The van der Waals surface area contributed by atoms with Gasteiger partial charge in [0.2, 0.25) is 5.91 Å². The van der Waals surface area contributed by atoms with Gasteiger partial charge in [0.25, 0.3) is 11.8 Å². The van der Waals surface area contributed by atoms with Crippen LogP contribution in [-0.4, -0.2) is 96.8 Å². The summed E-state index contributed by atoms with van der Waals surface area (Å²) in [5, 5.41) is 11.8. The zero-order valence-electron chi connectivity index (χ0n) is 32.2. The lowest BCUT2D eigenvalue weighted by molar-refractivity contribution is -0.136. The predicted octanol–water partition coefficient (Wildman–Crippen LogP) is 4.65. The van der Waals surface area contributed by atoms with E-state index in [1.165, 1.54) is 36.7 Å². The molecule has 8 rings (SSSR count). The van der Waals surface area contributed by atoms with E-state index in [1.807, 2.05) is 0 Å². The van der Waals surface area contributed by atoms with Crippen molar-refractivity contribution >= 4 is 57.1 Å². The van der Waals surface area contributed by atoms with Crippen LogP contribution in [0.3, 0.4) is 0 Å². The molecule has 17 heteroatoms. The van der Waals surface area contributed by atoms with Crippen LogP contribution in [0.1, 0.15) is 47.4 Å². The van der Waals surface area contributed by atoms with E-state index < -0.39 is 5.97 Å². The molecule has 0 atom stereocenters. The summed E-state index contributed by atoms with van der Waals surface area (Å²) >= 11 is 0. The summed E-state index contributed by atoms with van der Waals surface area (Å²) in [5.41, 5.74) is 21.7. The van der Waals surface area contributed by atoms with E-state index in [4.69, 9.17) is 22.3 Å². The normalized spacial score (nSPS) is 13.6. The summed E-state index contributed by atoms with van der Waals surface area (Å²) in [7, 11) is 0. The Morgan fingerprint density at radius 2 is 1.15 bits per heavy atom. The third-order valence-electron chi connectivity index (χ3n) is 9.58. The number of carbonyl (C=O) groups excluding carboxylic acids is 3. The molecule has 2 aromatic carbocycles. The van der Waals surface area contributed by atoms with E-state index in [0.29, 0.717) is 88.0 Å². The molecule has 0 radical (unpaired) electrons. The Balaban J connectivity index is 0.000000180. The number of pyridine rings is 4. The summed E-state index contributed by atoms with van der Waals surface area (Å²) in [6.07, 6.45) is 3.55. The molecule has 0 spiro atoms. The molecule has 4 aromatic heterocycles. The number of hydrogen-bond acceptors (Lipinski definition) is 11. The van der Waals surface area contributed by atoms with Crippen molar-refractivity contribution < 1.29 is 33.1 Å². The molecule has 2 saturated heterocycles. The van der Waals surface area contributed by atoms with Gasteiger partial charge >= 0.3 is 5.97 Å². The Hall–Kier alpha value is -7.14. The maximum atomic E-state index is 13.5. The number of aromatic nitrogens is 4. The molecule has 2 aliphatic rings. The highest BCUT2D eigenvalue weighted by Crippen LogP contribution is 2.29. The maximum Gasteiger partial charge on any atom is 0.303 e. The number of benzene rings is 2. The number of carboxylic acid groups (broad SMARTS) is 1. The number of fused-ring (bicyclic) bond motifs is 2. The van der Waals surface area contributed by atoms with Crippen molar-refractivity contribution in [1.29, 1.82) is 0 Å². The van der Waals surface area contributed by atoms with Crippen molar-refractivity contribution in [3.8, 4) is 22.5 Å². The molecule has 0 aliphatic carbocycles. The number of nitrogens with zero attached hydrogens (tertiary/aromatic N) is 6. The Kier molecular flexibility index (Phi) is 12.6. The Morgan fingerprint density at radius 1 is 0.712 bits per heavy atom. The zero-order valence-corrected chi connectivity index (χ0v) is 32.2. The first-order valence-electron chi connectivity index (χ1n) is 18.7. The lowest BCUT2D eigenvalue weighted by atomic mass is 10.0. The average Bonchev–Trinajstić information content (AvgIpc) is 3.21. The first kappa shape index (κ1) is 41.5. The molecular weight excluding hydrogens is 763 g/mol. The molecule has 0 unspecified atom stereocenters. The van der Waals surface area contributed by atoms with Crippen LogP contribution in [0, 0.1) is 11.6 Å². The van der Waals surface area contributed by atoms with Gasteiger partial charge in [-0.1, -0.05) is 38.1 Å². The fraction of sp³-hybridized carbons (Fsp3) is 0.238. The van der Waals surface area contributed by atoms with E-state index in [1.54, 1.807) is 72.2 Å². The van der Waals surface area contributed by atoms with Crippen LogP contribution >= 0.6 is 0 Å². The fourth-order valence-electron chi connectivity index (χ4n) is 6.32. The van der Waals surface area contributed by atoms with E-state index in [0.717, 1.165) is 0 Å². The molecule has 3 amide bonds. The molecule has 0 saturated carbocycles. The van der Waals surface area contributed by atoms with Gasteiger partial charge in [0.15, 0.2) is 0 Å². The number of amides is 3. The second-order valence-corrected chi connectivity index (χ2v) is 13.9. The van der Waals surface area contributed by atoms with Gasteiger partial charge in [-0.3, -0.25) is 19.2 Å². The summed E-state index contributed by atoms with van der Waals surface area (Å²) in [6.45, 7) is 5.34.